The smallest absolute Gasteiger partial charge is 0.740 e. The van der Waals surface area contributed by atoms with Crippen LogP contribution in [0.15, 0.2) is 59.8 Å². The van der Waals surface area contributed by atoms with E-state index < -0.39 is 0 Å². The minimum absolute atomic E-state index is 0. The summed E-state index contributed by atoms with van der Waals surface area (Å²) in [7, 11) is 0. The van der Waals surface area contributed by atoms with Crippen LogP contribution in [-0.4, -0.2) is 21.4 Å². The van der Waals surface area contributed by atoms with Crippen LogP contribution in [0.25, 0.3) is 5.69 Å². The Hall–Kier alpha value is -1.60. The maximum Gasteiger partial charge on any atom is 1.00 e. The van der Waals surface area contributed by atoms with Gasteiger partial charge in [0.05, 0.1) is 0 Å². The van der Waals surface area contributed by atoms with E-state index in [1.54, 1.807) is 0 Å². The van der Waals surface area contributed by atoms with Gasteiger partial charge < -0.3 is 22.1 Å². The molecule has 7 heteroatoms. The molecule has 0 radical (unpaired) electrons. The van der Waals surface area contributed by atoms with Crippen LogP contribution >= 0.6 is 0 Å². The Kier molecular flexibility index (Phi) is 4.87. The van der Waals surface area contributed by atoms with Crippen molar-refractivity contribution in [1.82, 2.24) is 14.8 Å². The van der Waals surface area contributed by atoms with E-state index in [2.05, 4.69) is 10.2 Å². The molecule has 0 saturated heterocycles. The molecule has 0 fully saturated rings. The van der Waals surface area contributed by atoms with Crippen LogP contribution in [0.3, 0.4) is 0 Å². The summed E-state index contributed by atoms with van der Waals surface area (Å²) in [5.41, 5.74) is 0.912. The molecule has 4 rings (SSSR count). The third-order valence-corrected chi connectivity index (χ3v) is 3.73. The van der Waals surface area contributed by atoms with Gasteiger partial charge in [0.25, 0.3) is 0 Å². The summed E-state index contributed by atoms with van der Waals surface area (Å²) in [6, 6.07) is 17.3. The van der Waals surface area contributed by atoms with Crippen LogP contribution in [0.5, 0.6) is 11.5 Å². The number of aromatic nitrogens is 3. The first-order valence-corrected chi connectivity index (χ1v) is 7.30. The van der Waals surface area contributed by atoms with E-state index in [9.17, 15) is 0 Å². The predicted octanol–water partition coefficient (Wildman–Crippen LogP) is -0.310. The van der Waals surface area contributed by atoms with E-state index in [-0.39, 0.29) is 35.7 Å². The topological polar surface area (TPSA) is 49.2 Å². The van der Waals surface area contributed by atoms with Crippen LogP contribution in [0, 0.1) is 0 Å². The summed E-state index contributed by atoms with van der Waals surface area (Å²) >= 11 is 5.30. The Morgan fingerprint density at radius 3 is 2.43 bits per heavy atom. The van der Waals surface area contributed by atoms with Crippen molar-refractivity contribution in [3.63, 3.8) is 0 Å². The molecular formula is C16H12N3NaO2S. The average molecular weight is 333 g/mol. The van der Waals surface area contributed by atoms with Gasteiger partial charge in [-0.3, -0.25) is 4.57 Å². The Bertz CT molecular complexity index is 810. The number of hydrogen-bond donors (Lipinski definition) is 0. The van der Waals surface area contributed by atoms with Crippen LogP contribution < -0.4 is 39.0 Å². The third kappa shape index (κ3) is 3.07. The van der Waals surface area contributed by atoms with E-state index in [0.29, 0.717) is 23.3 Å². The van der Waals surface area contributed by atoms with Crippen LogP contribution in [0.4, 0.5) is 0 Å². The fourth-order valence-electron chi connectivity index (χ4n) is 2.46. The summed E-state index contributed by atoms with van der Waals surface area (Å²) in [6.07, 6.45) is -0.348. The molecule has 0 saturated carbocycles. The molecule has 0 bridgehead atoms. The summed E-state index contributed by atoms with van der Waals surface area (Å²) in [6.45, 7) is 0.372. The zero-order valence-electron chi connectivity index (χ0n) is 12.5. The molecule has 23 heavy (non-hydrogen) atoms. The molecule has 1 aliphatic rings. The van der Waals surface area contributed by atoms with Gasteiger partial charge in [0.2, 0.25) is 0 Å². The predicted molar refractivity (Wildman–Crippen MR) is 82.3 cm³/mol. The van der Waals surface area contributed by atoms with Crippen molar-refractivity contribution >= 4 is 12.6 Å². The first kappa shape index (κ1) is 16.3. The van der Waals surface area contributed by atoms with E-state index in [0.717, 1.165) is 11.4 Å². The first-order chi connectivity index (χ1) is 10.8. The molecule has 3 aromatic rings. The average Bonchev–Trinajstić information content (AvgIpc) is 2.97. The van der Waals surface area contributed by atoms with Gasteiger partial charge in [-0.25, -0.2) is 0 Å². The van der Waals surface area contributed by atoms with Gasteiger partial charge in [-0.1, -0.05) is 30.3 Å². The zero-order chi connectivity index (χ0) is 14.9. The van der Waals surface area contributed by atoms with Crippen molar-refractivity contribution in [3.8, 4) is 17.2 Å². The van der Waals surface area contributed by atoms with Gasteiger partial charge in [-0.15, -0.1) is 5.10 Å². The van der Waals surface area contributed by atoms with Crippen molar-refractivity contribution < 1.29 is 39.0 Å². The minimum atomic E-state index is -0.348. The number of nitrogens with zero attached hydrogens (tertiary/aromatic N) is 3. The SMILES string of the molecule is [Na+].[S-]c1nnc(C2COc3ccccc3O2)n1-c1ccccc1. The molecule has 1 aliphatic heterocycles. The Balaban J connectivity index is 0.00000156. The fourth-order valence-corrected chi connectivity index (χ4v) is 2.70. The van der Waals surface area contributed by atoms with Crippen molar-refractivity contribution in [2.45, 2.75) is 11.3 Å². The third-order valence-electron chi connectivity index (χ3n) is 3.47. The summed E-state index contributed by atoms with van der Waals surface area (Å²) in [5, 5.41) is 8.62. The number of rotatable bonds is 2. The van der Waals surface area contributed by atoms with Gasteiger partial charge in [-0.2, -0.15) is 5.10 Å². The van der Waals surface area contributed by atoms with Gasteiger partial charge in [0, 0.05) is 10.8 Å². The Labute approximate surface area is 161 Å². The molecule has 5 nitrogen and oxygen atoms in total. The first-order valence-electron chi connectivity index (χ1n) is 6.89. The maximum absolute atomic E-state index is 6.00. The molecule has 0 N–H and O–H groups in total. The monoisotopic (exact) mass is 333 g/mol. The second-order valence-corrected chi connectivity index (χ2v) is 5.24. The largest absolute Gasteiger partial charge is 1.00 e. The molecule has 0 spiro atoms. The summed E-state index contributed by atoms with van der Waals surface area (Å²) < 4.78 is 13.6. The van der Waals surface area contributed by atoms with Crippen LogP contribution in [0.1, 0.15) is 11.9 Å². The summed E-state index contributed by atoms with van der Waals surface area (Å²) in [4.78, 5) is 0. The molecule has 1 unspecified atom stereocenters. The van der Waals surface area contributed by atoms with Crippen molar-refractivity contribution in [1.29, 1.82) is 0 Å². The normalized spacial score (nSPS) is 15.7. The number of para-hydroxylation sites is 3. The van der Waals surface area contributed by atoms with E-state index in [1.807, 2.05) is 59.2 Å². The number of hydrogen-bond acceptors (Lipinski definition) is 5. The molecule has 110 valence electrons. The zero-order valence-corrected chi connectivity index (χ0v) is 15.4. The summed E-state index contributed by atoms with van der Waals surface area (Å²) in [5.74, 6) is 2.08. The Morgan fingerprint density at radius 2 is 1.65 bits per heavy atom. The van der Waals surface area contributed by atoms with Crippen molar-refractivity contribution in [2.24, 2.45) is 0 Å². The fraction of sp³-hybridized carbons (Fsp3) is 0.125. The van der Waals surface area contributed by atoms with E-state index >= 15 is 0 Å². The van der Waals surface area contributed by atoms with Crippen LogP contribution in [-0.2, 0) is 12.6 Å². The molecular weight excluding hydrogens is 321 g/mol. The number of fused-ring (bicyclic) bond motifs is 1. The standard InChI is InChI=1S/C16H13N3O2S.Na/c22-16-18-17-15(19(16)11-6-2-1-3-7-11)14-10-20-12-8-4-5-9-13(12)21-14;/h1-9,14H,10H2,(H,18,22);/q;+1/p-1. The van der Waals surface area contributed by atoms with Crippen molar-refractivity contribution in [2.75, 3.05) is 6.61 Å². The molecule has 2 heterocycles. The molecule has 2 aromatic carbocycles. The number of ether oxygens (including phenoxy) is 2. The maximum atomic E-state index is 6.00. The van der Waals surface area contributed by atoms with E-state index in [4.69, 9.17) is 22.1 Å². The van der Waals surface area contributed by atoms with Gasteiger partial charge in [-0.05, 0) is 24.3 Å². The molecule has 1 atom stereocenters. The minimum Gasteiger partial charge on any atom is -0.740 e. The van der Waals surface area contributed by atoms with Crippen molar-refractivity contribution in [3.05, 3.63) is 60.4 Å². The van der Waals surface area contributed by atoms with E-state index in [1.165, 1.54) is 0 Å². The van der Waals surface area contributed by atoms with Crippen LogP contribution in [0.2, 0.25) is 0 Å². The quantitative estimate of drug-likeness (QED) is 0.476. The molecule has 1 aromatic heterocycles. The Morgan fingerprint density at radius 1 is 0.957 bits per heavy atom. The second kappa shape index (κ2) is 6.88. The van der Waals surface area contributed by atoms with Gasteiger partial charge in [0.15, 0.2) is 23.4 Å². The van der Waals surface area contributed by atoms with Gasteiger partial charge >= 0.3 is 29.6 Å². The molecule has 0 aliphatic carbocycles. The molecule has 0 amide bonds. The van der Waals surface area contributed by atoms with Gasteiger partial charge in [0.1, 0.15) is 6.61 Å². The second-order valence-electron chi connectivity index (χ2n) is 4.88. The number of benzene rings is 2.